The van der Waals surface area contributed by atoms with Crippen molar-refractivity contribution >= 4 is 28.3 Å². The van der Waals surface area contributed by atoms with Crippen LogP contribution in [0.3, 0.4) is 0 Å². The molecule has 2 aliphatic rings. The van der Waals surface area contributed by atoms with Crippen LogP contribution in [0.1, 0.15) is 25.3 Å². The van der Waals surface area contributed by atoms with Crippen LogP contribution in [0.15, 0.2) is 58.4 Å². The number of rotatable bonds is 5. The van der Waals surface area contributed by atoms with Crippen molar-refractivity contribution in [3.63, 3.8) is 0 Å². The Morgan fingerprint density at radius 3 is 2.81 bits per heavy atom. The molecule has 21 heavy (non-hydrogen) atoms. The van der Waals surface area contributed by atoms with Crippen LogP contribution >= 0.6 is 11.8 Å². The number of fused-ring (bicyclic) bond motifs is 1. The van der Waals surface area contributed by atoms with Crippen LogP contribution in [0.25, 0.3) is 5.70 Å². The van der Waals surface area contributed by atoms with E-state index in [9.17, 15) is 4.21 Å². The summed E-state index contributed by atoms with van der Waals surface area (Å²) in [6, 6.07) is 10.3. The minimum absolute atomic E-state index is 0.200. The number of dihydropyridines is 1. The van der Waals surface area contributed by atoms with E-state index in [1.54, 1.807) is 11.8 Å². The molecule has 110 valence electrons. The molecule has 0 saturated carbocycles. The summed E-state index contributed by atoms with van der Waals surface area (Å²) in [6.45, 7) is 2.13. The second-order valence-electron chi connectivity index (χ2n) is 5.12. The Bertz CT molecular complexity index is 631. The zero-order valence-electron chi connectivity index (χ0n) is 12.0. The monoisotopic (exact) mass is 317 g/mol. The fraction of sp³-hybridized carbons (Fsp3) is 0.294. The first-order valence-corrected chi connectivity index (χ1v) is 9.48. The van der Waals surface area contributed by atoms with Gasteiger partial charge in [0.2, 0.25) is 0 Å². The molecule has 2 unspecified atom stereocenters. The molecule has 1 aromatic rings. The number of allylic oxidation sites excluding steroid dienone is 2. The van der Waals surface area contributed by atoms with Gasteiger partial charge in [0.25, 0.3) is 0 Å². The Hall–Kier alpha value is -1.26. The summed E-state index contributed by atoms with van der Waals surface area (Å²) in [5, 5.41) is 3.74. The number of benzene rings is 1. The topological polar surface area (TPSA) is 29.1 Å². The van der Waals surface area contributed by atoms with Crippen molar-refractivity contribution < 1.29 is 4.21 Å². The molecule has 1 aromatic carbocycles. The van der Waals surface area contributed by atoms with Gasteiger partial charge in [-0.2, -0.15) is 0 Å². The molecule has 0 aromatic heterocycles. The van der Waals surface area contributed by atoms with Crippen molar-refractivity contribution in [3.8, 4) is 0 Å². The zero-order chi connectivity index (χ0) is 14.7. The van der Waals surface area contributed by atoms with Crippen LogP contribution in [0.5, 0.6) is 0 Å². The molecule has 0 radical (unpaired) electrons. The summed E-state index contributed by atoms with van der Waals surface area (Å²) >= 11 is 1.69. The minimum atomic E-state index is -0.848. The van der Waals surface area contributed by atoms with Crippen molar-refractivity contribution in [2.45, 2.75) is 25.1 Å². The van der Waals surface area contributed by atoms with E-state index in [1.165, 1.54) is 11.1 Å². The van der Waals surface area contributed by atoms with E-state index >= 15 is 0 Å². The van der Waals surface area contributed by atoms with Crippen LogP contribution in [-0.2, 0) is 10.8 Å². The van der Waals surface area contributed by atoms with Crippen molar-refractivity contribution in [2.75, 3.05) is 5.75 Å². The largest absolute Gasteiger partial charge is 0.369 e. The second kappa shape index (κ2) is 6.67. The molecule has 4 heteroatoms. The zero-order valence-corrected chi connectivity index (χ0v) is 13.7. The van der Waals surface area contributed by atoms with Crippen LogP contribution in [0, 0.1) is 0 Å². The van der Waals surface area contributed by atoms with Crippen molar-refractivity contribution in [1.29, 1.82) is 0 Å². The first-order valence-electron chi connectivity index (χ1n) is 7.28. The van der Waals surface area contributed by atoms with E-state index in [1.807, 2.05) is 18.2 Å². The third kappa shape index (κ3) is 3.33. The predicted octanol–water partition coefficient (Wildman–Crippen LogP) is 4.02. The Morgan fingerprint density at radius 1 is 1.24 bits per heavy atom. The summed E-state index contributed by atoms with van der Waals surface area (Å²) in [5.41, 5.74) is 3.54. The van der Waals surface area contributed by atoms with Crippen molar-refractivity contribution in [2.24, 2.45) is 0 Å². The van der Waals surface area contributed by atoms with Gasteiger partial charge in [-0.15, -0.1) is 0 Å². The molecule has 1 N–H and O–H groups in total. The maximum Gasteiger partial charge on any atom is 0.103 e. The number of thioether (sulfide) groups is 1. The smallest absolute Gasteiger partial charge is 0.103 e. The molecule has 2 nitrogen and oxygen atoms in total. The summed E-state index contributed by atoms with van der Waals surface area (Å²) in [6.07, 6.45) is 8.45. The van der Waals surface area contributed by atoms with Gasteiger partial charge in [-0.3, -0.25) is 4.21 Å². The highest BCUT2D eigenvalue weighted by Gasteiger charge is 2.28. The lowest BCUT2D eigenvalue weighted by Gasteiger charge is -2.21. The van der Waals surface area contributed by atoms with E-state index in [4.69, 9.17) is 0 Å². The van der Waals surface area contributed by atoms with Crippen LogP contribution in [0.2, 0.25) is 0 Å². The number of unbranched alkanes of at least 4 members (excludes halogenated alkanes) is 1. The molecule has 0 amide bonds. The van der Waals surface area contributed by atoms with Gasteiger partial charge in [-0.05, 0) is 29.7 Å². The molecular weight excluding hydrogens is 298 g/mol. The molecule has 0 spiro atoms. The molecule has 3 rings (SSSR count). The first kappa shape index (κ1) is 14.7. The third-order valence-electron chi connectivity index (χ3n) is 3.54. The van der Waals surface area contributed by atoms with Gasteiger partial charge in [-0.1, -0.05) is 61.5 Å². The Balaban J connectivity index is 1.73. The first-order chi connectivity index (χ1) is 10.3. The van der Waals surface area contributed by atoms with Gasteiger partial charge in [-0.25, -0.2) is 0 Å². The normalized spacial score (nSPS) is 21.8. The molecular formula is C17H19NOS2. The third-order valence-corrected chi connectivity index (χ3v) is 6.59. The predicted molar refractivity (Wildman–Crippen MR) is 93.0 cm³/mol. The average Bonchev–Trinajstić information content (AvgIpc) is 2.96. The van der Waals surface area contributed by atoms with E-state index in [-0.39, 0.29) is 5.37 Å². The maximum atomic E-state index is 12.2. The Morgan fingerprint density at radius 2 is 2.05 bits per heavy atom. The number of nitrogens with one attached hydrogen (secondary N) is 1. The summed E-state index contributed by atoms with van der Waals surface area (Å²) < 4.78 is 13.3. The highest BCUT2D eigenvalue weighted by atomic mass is 32.2. The second-order valence-corrected chi connectivity index (χ2v) is 8.07. The van der Waals surface area contributed by atoms with E-state index in [0.717, 1.165) is 28.5 Å². The van der Waals surface area contributed by atoms with Crippen molar-refractivity contribution in [3.05, 3.63) is 63.9 Å². The van der Waals surface area contributed by atoms with E-state index < -0.39 is 10.8 Å². The summed E-state index contributed by atoms with van der Waals surface area (Å²) in [4.78, 5) is 0. The molecule has 2 atom stereocenters. The fourth-order valence-corrected chi connectivity index (χ4v) is 5.23. The van der Waals surface area contributed by atoms with Gasteiger partial charge < -0.3 is 5.32 Å². The van der Waals surface area contributed by atoms with Crippen LogP contribution in [-0.4, -0.2) is 15.3 Å². The van der Waals surface area contributed by atoms with Gasteiger partial charge in [0.15, 0.2) is 0 Å². The lowest BCUT2D eigenvalue weighted by Crippen LogP contribution is -2.26. The molecule has 2 aliphatic heterocycles. The summed E-state index contributed by atoms with van der Waals surface area (Å²) in [7, 11) is -0.848. The molecule has 0 aliphatic carbocycles. The lowest BCUT2D eigenvalue weighted by atomic mass is 10.1. The number of hydrogen-bond acceptors (Lipinski definition) is 3. The molecule has 0 saturated heterocycles. The highest BCUT2D eigenvalue weighted by Crippen LogP contribution is 2.39. The van der Waals surface area contributed by atoms with Gasteiger partial charge >= 0.3 is 0 Å². The van der Waals surface area contributed by atoms with Crippen molar-refractivity contribution in [1.82, 2.24) is 5.32 Å². The van der Waals surface area contributed by atoms with Crippen LogP contribution < -0.4 is 5.32 Å². The molecule has 0 bridgehead atoms. The van der Waals surface area contributed by atoms with E-state index in [2.05, 4.69) is 42.6 Å². The minimum Gasteiger partial charge on any atom is -0.369 e. The maximum absolute atomic E-state index is 12.2. The number of hydrogen-bond donors (Lipinski definition) is 1. The Labute approximate surface area is 132 Å². The van der Waals surface area contributed by atoms with Gasteiger partial charge in [0.1, 0.15) is 5.37 Å². The Kier molecular flexibility index (Phi) is 4.66. The molecule has 2 heterocycles. The fourth-order valence-electron chi connectivity index (χ4n) is 2.34. The van der Waals surface area contributed by atoms with Gasteiger partial charge in [0, 0.05) is 11.4 Å². The van der Waals surface area contributed by atoms with Crippen LogP contribution in [0.4, 0.5) is 0 Å². The quantitative estimate of drug-likeness (QED) is 0.889. The van der Waals surface area contributed by atoms with E-state index in [0.29, 0.717) is 0 Å². The lowest BCUT2D eigenvalue weighted by molar-refractivity contribution is 0.684. The van der Waals surface area contributed by atoms with Gasteiger partial charge in [0.05, 0.1) is 15.0 Å². The average molecular weight is 317 g/mol. The SMILES string of the molecule is CCCCS(=O)C1=CC2=CC=C(c3ccccc3)NC2S1. The highest BCUT2D eigenvalue weighted by molar-refractivity contribution is 8.17. The summed E-state index contributed by atoms with van der Waals surface area (Å²) in [5.74, 6) is 0.772. The molecule has 0 fully saturated rings. The standard InChI is InChI=1S/C17H19NOS2/c1-2-3-11-21(19)16-12-14-9-10-15(18-17(14)20-16)13-7-5-4-6-8-13/h4-10,12,17-18H,2-3,11H2,1H3.